The van der Waals surface area contributed by atoms with Gasteiger partial charge in [-0.1, -0.05) is 0 Å². The van der Waals surface area contributed by atoms with Gasteiger partial charge in [-0.15, -0.1) is 0 Å². The molecule has 0 radical (unpaired) electrons. The van der Waals surface area contributed by atoms with Crippen LogP contribution >= 0.6 is 0 Å². The Kier molecular flexibility index (Phi) is 0.961. The minimum atomic E-state index is 0.770. The molecule has 4 N–H and O–H groups in total. The Labute approximate surface area is 64.0 Å². The fraction of sp³-hybridized carbons (Fsp3) is 0.143. The van der Waals surface area contributed by atoms with Crippen molar-refractivity contribution in [2.24, 2.45) is 7.05 Å². The summed E-state index contributed by atoms with van der Waals surface area (Å²) in [6, 6.07) is 1.91. The van der Waals surface area contributed by atoms with Crippen LogP contribution in [0.4, 0.5) is 5.69 Å². The number of hydrogen-bond donors (Lipinski definition) is 2. The number of hydrogen-bond acceptors (Lipinski definition) is 2. The standard InChI is InChI=1S/C7H10N4/c1-10-4-6(8)5-2-3-11(9)7(5)10/h2-4H,8-9H2,1H3. The van der Waals surface area contributed by atoms with Gasteiger partial charge in [0, 0.05) is 24.8 Å². The van der Waals surface area contributed by atoms with Gasteiger partial charge >= 0.3 is 0 Å². The van der Waals surface area contributed by atoms with Gasteiger partial charge in [-0.3, -0.25) is 4.68 Å². The van der Waals surface area contributed by atoms with Crippen molar-refractivity contribution in [3.63, 3.8) is 0 Å². The topological polar surface area (TPSA) is 61.9 Å². The largest absolute Gasteiger partial charge is 0.397 e. The second-order valence-electron chi connectivity index (χ2n) is 2.66. The average Bonchev–Trinajstić information content (AvgIpc) is 2.41. The van der Waals surface area contributed by atoms with E-state index >= 15 is 0 Å². The Morgan fingerprint density at radius 3 is 2.82 bits per heavy atom. The fourth-order valence-electron chi connectivity index (χ4n) is 1.38. The molecule has 58 valence electrons. The van der Waals surface area contributed by atoms with Crippen molar-refractivity contribution >= 4 is 16.7 Å². The van der Waals surface area contributed by atoms with E-state index in [-0.39, 0.29) is 0 Å². The van der Waals surface area contributed by atoms with Crippen molar-refractivity contribution in [2.75, 3.05) is 11.6 Å². The normalized spacial score (nSPS) is 11.0. The first-order chi connectivity index (χ1) is 5.20. The minimum absolute atomic E-state index is 0.770. The first-order valence-electron chi connectivity index (χ1n) is 3.37. The number of nitrogen functional groups attached to an aromatic ring is 2. The second kappa shape index (κ2) is 1.72. The van der Waals surface area contributed by atoms with E-state index in [9.17, 15) is 0 Å². The highest BCUT2D eigenvalue weighted by Gasteiger charge is 2.05. The summed E-state index contributed by atoms with van der Waals surface area (Å²) in [5.74, 6) is 5.63. The smallest absolute Gasteiger partial charge is 0.140 e. The van der Waals surface area contributed by atoms with Crippen LogP contribution in [0.5, 0.6) is 0 Å². The van der Waals surface area contributed by atoms with Gasteiger partial charge in [0.05, 0.1) is 5.69 Å². The van der Waals surface area contributed by atoms with E-state index < -0.39 is 0 Å². The van der Waals surface area contributed by atoms with E-state index in [4.69, 9.17) is 11.6 Å². The van der Waals surface area contributed by atoms with Crippen LogP contribution in [-0.4, -0.2) is 9.24 Å². The van der Waals surface area contributed by atoms with E-state index in [1.807, 2.05) is 23.9 Å². The van der Waals surface area contributed by atoms with Gasteiger partial charge < -0.3 is 16.1 Å². The third-order valence-electron chi connectivity index (χ3n) is 1.87. The van der Waals surface area contributed by atoms with E-state index in [2.05, 4.69) is 0 Å². The molecule has 4 nitrogen and oxygen atoms in total. The molecule has 2 rings (SSSR count). The zero-order chi connectivity index (χ0) is 8.01. The zero-order valence-electron chi connectivity index (χ0n) is 6.28. The molecule has 0 saturated carbocycles. The maximum atomic E-state index is 5.70. The predicted molar refractivity (Wildman–Crippen MR) is 45.5 cm³/mol. The third kappa shape index (κ3) is 0.633. The summed E-state index contributed by atoms with van der Waals surface area (Å²) in [6.07, 6.45) is 3.65. The van der Waals surface area contributed by atoms with Crippen molar-refractivity contribution in [3.05, 3.63) is 18.5 Å². The Morgan fingerprint density at radius 1 is 1.45 bits per heavy atom. The quantitative estimate of drug-likeness (QED) is 0.530. The first kappa shape index (κ1) is 6.15. The van der Waals surface area contributed by atoms with Gasteiger partial charge in [-0.2, -0.15) is 0 Å². The first-order valence-corrected chi connectivity index (χ1v) is 3.37. The van der Waals surface area contributed by atoms with Crippen molar-refractivity contribution in [2.45, 2.75) is 0 Å². The van der Waals surface area contributed by atoms with Crippen molar-refractivity contribution in [1.82, 2.24) is 9.24 Å². The van der Waals surface area contributed by atoms with Crippen LogP contribution in [0, 0.1) is 0 Å². The summed E-state index contributed by atoms with van der Waals surface area (Å²) in [6.45, 7) is 0. The highest BCUT2D eigenvalue weighted by atomic mass is 15.3. The van der Waals surface area contributed by atoms with Crippen LogP contribution in [0.1, 0.15) is 0 Å². The minimum Gasteiger partial charge on any atom is -0.397 e. The molecule has 0 aliphatic heterocycles. The Balaban J connectivity index is 2.98. The van der Waals surface area contributed by atoms with Crippen LogP contribution in [0.3, 0.4) is 0 Å². The van der Waals surface area contributed by atoms with Gasteiger partial charge in [0.1, 0.15) is 5.65 Å². The Hall–Kier alpha value is -1.58. The maximum Gasteiger partial charge on any atom is 0.140 e. The lowest BCUT2D eigenvalue weighted by Gasteiger charge is -1.95. The highest BCUT2D eigenvalue weighted by Crippen LogP contribution is 2.21. The maximum absolute atomic E-state index is 5.70. The molecule has 2 heterocycles. The molecule has 0 aliphatic carbocycles. The fourth-order valence-corrected chi connectivity index (χ4v) is 1.38. The summed E-state index contributed by atoms with van der Waals surface area (Å²) in [7, 11) is 1.92. The van der Waals surface area contributed by atoms with Gasteiger partial charge in [0.2, 0.25) is 0 Å². The Bertz CT molecular complexity index is 396. The lowest BCUT2D eigenvalue weighted by molar-refractivity contribution is 0.902. The molecule has 2 aromatic heterocycles. The molecule has 0 spiro atoms. The Morgan fingerprint density at radius 2 is 2.18 bits per heavy atom. The number of nitrogens with two attached hydrogens (primary N) is 2. The number of aryl methyl sites for hydroxylation is 1. The third-order valence-corrected chi connectivity index (χ3v) is 1.87. The molecule has 11 heavy (non-hydrogen) atoms. The monoisotopic (exact) mass is 150 g/mol. The SMILES string of the molecule is Cn1cc(N)c2ccn(N)c21. The highest BCUT2D eigenvalue weighted by molar-refractivity contribution is 5.90. The molecular weight excluding hydrogens is 140 g/mol. The van der Waals surface area contributed by atoms with Gasteiger partial charge in [0.25, 0.3) is 0 Å². The molecule has 0 saturated heterocycles. The number of nitrogens with zero attached hydrogens (tertiary/aromatic N) is 2. The van der Waals surface area contributed by atoms with Crippen molar-refractivity contribution < 1.29 is 0 Å². The van der Waals surface area contributed by atoms with Crippen LogP contribution in [0.2, 0.25) is 0 Å². The van der Waals surface area contributed by atoms with E-state index in [1.165, 1.54) is 0 Å². The summed E-state index contributed by atoms with van der Waals surface area (Å²) < 4.78 is 3.47. The molecule has 2 aromatic rings. The molecule has 4 heteroatoms. The lowest BCUT2D eigenvalue weighted by Crippen LogP contribution is -2.07. The predicted octanol–water partition coefficient (Wildman–Crippen LogP) is 0.276. The van der Waals surface area contributed by atoms with E-state index in [0.717, 1.165) is 16.7 Å². The summed E-state index contributed by atoms with van der Waals surface area (Å²) in [5.41, 5.74) is 7.42. The van der Waals surface area contributed by atoms with Crippen LogP contribution in [0.25, 0.3) is 11.0 Å². The average molecular weight is 150 g/mol. The molecule has 0 aromatic carbocycles. The molecule has 0 fully saturated rings. The van der Waals surface area contributed by atoms with Gasteiger partial charge in [-0.05, 0) is 6.07 Å². The summed E-state index contributed by atoms with van der Waals surface area (Å²) in [4.78, 5) is 0. The number of anilines is 1. The van der Waals surface area contributed by atoms with Crippen LogP contribution in [-0.2, 0) is 7.05 Å². The van der Waals surface area contributed by atoms with Crippen molar-refractivity contribution in [3.8, 4) is 0 Å². The molecule has 0 unspecified atom stereocenters. The van der Waals surface area contributed by atoms with E-state index in [1.54, 1.807) is 10.9 Å². The summed E-state index contributed by atoms with van der Waals surface area (Å²) >= 11 is 0. The zero-order valence-corrected chi connectivity index (χ0v) is 6.28. The summed E-state index contributed by atoms with van der Waals surface area (Å²) in [5, 5.41) is 1.01. The molecule has 0 atom stereocenters. The van der Waals surface area contributed by atoms with Gasteiger partial charge in [0.15, 0.2) is 0 Å². The molecular formula is C7H10N4. The molecule has 0 aliphatic rings. The number of fused-ring (bicyclic) bond motifs is 1. The number of rotatable bonds is 0. The van der Waals surface area contributed by atoms with E-state index in [0.29, 0.717) is 0 Å². The second-order valence-corrected chi connectivity index (χ2v) is 2.66. The lowest BCUT2D eigenvalue weighted by atomic mass is 10.4. The number of aromatic nitrogens is 2. The van der Waals surface area contributed by atoms with Gasteiger partial charge in [-0.25, -0.2) is 0 Å². The van der Waals surface area contributed by atoms with Crippen LogP contribution in [0.15, 0.2) is 18.5 Å². The van der Waals surface area contributed by atoms with Crippen molar-refractivity contribution in [1.29, 1.82) is 0 Å². The van der Waals surface area contributed by atoms with Crippen LogP contribution < -0.4 is 11.6 Å². The molecule has 0 amide bonds. The molecule has 0 bridgehead atoms.